The topological polar surface area (TPSA) is 102 Å². The lowest BCUT2D eigenvalue weighted by molar-refractivity contribution is -0.118. The van der Waals surface area contributed by atoms with Gasteiger partial charge < -0.3 is 14.4 Å². The number of nitrogens with one attached hydrogen (secondary N) is 1. The number of phenolic OH excluding ortho intramolecular Hbond substituents is 1. The maximum Gasteiger partial charge on any atom is 0.250 e. The van der Waals surface area contributed by atoms with E-state index in [1.165, 1.54) is 18.0 Å². The molecule has 0 radical (unpaired) electrons. The lowest BCUT2D eigenvalue weighted by Gasteiger charge is -2.07. The summed E-state index contributed by atoms with van der Waals surface area (Å²) in [4.78, 5) is 12.1. The Morgan fingerprint density at radius 2 is 1.93 bits per heavy atom. The number of ether oxygens (including phenoxy) is 1. The lowest BCUT2D eigenvalue weighted by atomic mass is 10.2. The quantitative estimate of drug-likeness (QED) is 0.336. The molecule has 0 fully saturated rings. The van der Waals surface area contributed by atoms with E-state index < -0.39 is 0 Å². The van der Waals surface area contributed by atoms with Crippen LogP contribution in [0.4, 0.5) is 0 Å². The van der Waals surface area contributed by atoms with Crippen LogP contribution in [-0.4, -0.2) is 44.9 Å². The third-order valence-corrected chi connectivity index (χ3v) is 4.98. The van der Waals surface area contributed by atoms with E-state index in [-0.39, 0.29) is 17.4 Å². The molecule has 0 aliphatic heterocycles. The fourth-order valence-electron chi connectivity index (χ4n) is 2.54. The number of hydrogen-bond acceptors (Lipinski definition) is 7. The number of hydrazone groups is 1. The second-order valence-corrected chi connectivity index (χ2v) is 6.89. The van der Waals surface area contributed by atoms with Crippen molar-refractivity contribution in [2.45, 2.75) is 18.6 Å². The van der Waals surface area contributed by atoms with Crippen molar-refractivity contribution < 1.29 is 14.6 Å². The molecule has 0 aliphatic rings. The van der Waals surface area contributed by atoms with Crippen LogP contribution in [0.2, 0.25) is 0 Å². The Morgan fingerprint density at radius 3 is 2.59 bits per heavy atom. The van der Waals surface area contributed by atoms with Gasteiger partial charge in [-0.3, -0.25) is 4.79 Å². The molecule has 1 heterocycles. The van der Waals surface area contributed by atoms with Gasteiger partial charge in [0.25, 0.3) is 5.91 Å². The SMILES string of the molecule is CCn1c(SCC(=O)NN=Cc2ccc(O)cc2)nnc1-c1ccc(OC)cc1. The molecule has 0 aliphatic carbocycles. The molecule has 9 heteroatoms. The molecule has 8 nitrogen and oxygen atoms in total. The summed E-state index contributed by atoms with van der Waals surface area (Å²) in [5, 5.41) is 22.3. The van der Waals surface area contributed by atoms with Crippen molar-refractivity contribution in [3.8, 4) is 22.9 Å². The van der Waals surface area contributed by atoms with Crippen LogP contribution in [0.5, 0.6) is 11.5 Å². The Balaban J connectivity index is 1.59. The fraction of sp³-hybridized carbons (Fsp3) is 0.200. The number of methoxy groups -OCH3 is 1. The number of carbonyl (C=O) groups is 1. The van der Waals surface area contributed by atoms with Crippen LogP contribution in [0.15, 0.2) is 58.8 Å². The molecule has 2 aromatic carbocycles. The van der Waals surface area contributed by atoms with Crippen LogP contribution in [-0.2, 0) is 11.3 Å². The van der Waals surface area contributed by atoms with E-state index in [4.69, 9.17) is 4.74 Å². The molecule has 0 bridgehead atoms. The normalized spacial score (nSPS) is 11.0. The molecule has 0 atom stereocenters. The minimum Gasteiger partial charge on any atom is -0.508 e. The van der Waals surface area contributed by atoms with Gasteiger partial charge in [-0.15, -0.1) is 10.2 Å². The van der Waals surface area contributed by atoms with E-state index in [0.29, 0.717) is 11.7 Å². The van der Waals surface area contributed by atoms with E-state index in [1.807, 2.05) is 35.8 Å². The molecule has 3 aromatic rings. The molecule has 2 N–H and O–H groups in total. The number of aromatic hydroxyl groups is 1. The fourth-order valence-corrected chi connectivity index (χ4v) is 3.33. The third-order valence-electron chi connectivity index (χ3n) is 4.01. The summed E-state index contributed by atoms with van der Waals surface area (Å²) in [6.07, 6.45) is 1.51. The molecular formula is C20H21N5O3S. The Kier molecular flexibility index (Phi) is 6.85. The van der Waals surface area contributed by atoms with Gasteiger partial charge >= 0.3 is 0 Å². The predicted molar refractivity (Wildman–Crippen MR) is 112 cm³/mol. The van der Waals surface area contributed by atoms with Crippen molar-refractivity contribution >= 4 is 23.9 Å². The first-order valence-electron chi connectivity index (χ1n) is 8.92. The van der Waals surface area contributed by atoms with Crippen LogP contribution in [0, 0.1) is 0 Å². The van der Waals surface area contributed by atoms with E-state index in [9.17, 15) is 9.90 Å². The first-order chi connectivity index (χ1) is 14.1. The maximum atomic E-state index is 12.1. The second kappa shape index (κ2) is 9.74. The van der Waals surface area contributed by atoms with Crippen molar-refractivity contribution in [2.24, 2.45) is 5.10 Å². The van der Waals surface area contributed by atoms with Gasteiger partial charge in [-0.2, -0.15) is 5.10 Å². The number of phenols is 1. The highest BCUT2D eigenvalue weighted by atomic mass is 32.2. The van der Waals surface area contributed by atoms with Gasteiger partial charge in [0, 0.05) is 12.1 Å². The molecule has 1 amide bonds. The van der Waals surface area contributed by atoms with Gasteiger partial charge in [0.15, 0.2) is 11.0 Å². The Labute approximate surface area is 172 Å². The molecule has 0 unspecified atom stereocenters. The van der Waals surface area contributed by atoms with Crippen LogP contribution in [0.25, 0.3) is 11.4 Å². The van der Waals surface area contributed by atoms with Gasteiger partial charge in [0.1, 0.15) is 11.5 Å². The average Bonchev–Trinajstić information content (AvgIpc) is 3.16. The molecule has 0 saturated carbocycles. The van der Waals surface area contributed by atoms with E-state index in [0.717, 1.165) is 22.7 Å². The molecule has 1 aromatic heterocycles. The van der Waals surface area contributed by atoms with Crippen molar-refractivity contribution in [1.82, 2.24) is 20.2 Å². The second-order valence-electron chi connectivity index (χ2n) is 5.95. The number of hydrogen-bond donors (Lipinski definition) is 2. The third kappa shape index (κ3) is 5.35. The Hall–Kier alpha value is -3.33. The molecular weight excluding hydrogens is 390 g/mol. The smallest absolute Gasteiger partial charge is 0.250 e. The zero-order valence-electron chi connectivity index (χ0n) is 16.1. The number of aromatic nitrogens is 3. The minimum atomic E-state index is -0.248. The monoisotopic (exact) mass is 411 g/mol. The number of thioether (sulfide) groups is 1. The summed E-state index contributed by atoms with van der Waals surface area (Å²) in [7, 11) is 1.62. The number of rotatable bonds is 8. The van der Waals surface area contributed by atoms with Crippen LogP contribution < -0.4 is 10.2 Å². The Morgan fingerprint density at radius 1 is 1.21 bits per heavy atom. The maximum absolute atomic E-state index is 12.1. The summed E-state index contributed by atoms with van der Waals surface area (Å²) >= 11 is 1.30. The van der Waals surface area contributed by atoms with Gasteiger partial charge in [0.2, 0.25) is 0 Å². The van der Waals surface area contributed by atoms with Gasteiger partial charge in [-0.25, -0.2) is 5.43 Å². The highest BCUT2D eigenvalue weighted by molar-refractivity contribution is 7.99. The number of amides is 1. The number of benzene rings is 2. The minimum absolute atomic E-state index is 0.160. The summed E-state index contributed by atoms with van der Waals surface area (Å²) in [6.45, 7) is 2.68. The van der Waals surface area contributed by atoms with Crippen LogP contribution in [0.3, 0.4) is 0 Å². The van der Waals surface area contributed by atoms with Crippen molar-refractivity contribution in [1.29, 1.82) is 0 Å². The highest BCUT2D eigenvalue weighted by Gasteiger charge is 2.14. The number of carbonyl (C=O) groups excluding carboxylic acids is 1. The van der Waals surface area contributed by atoms with Crippen molar-refractivity contribution in [3.05, 3.63) is 54.1 Å². The van der Waals surface area contributed by atoms with Crippen molar-refractivity contribution in [2.75, 3.05) is 12.9 Å². The first kappa shape index (κ1) is 20.4. The zero-order valence-corrected chi connectivity index (χ0v) is 16.9. The largest absolute Gasteiger partial charge is 0.508 e. The van der Waals surface area contributed by atoms with Crippen LogP contribution >= 0.6 is 11.8 Å². The van der Waals surface area contributed by atoms with E-state index in [1.54, 1.807) is 31.4 Å². The van der Waals surface area contributed by atoms with Crippen molar-refractivity contribution in [3.63, 3.8) is 0 Å². The van der Waals surface area contributed by atoms with Crippen LogP contribution in [0.1, 0.15) is 12.5 Å². The van der Waals surface area contributed by atoms with Gasteiger partial charge in [-0.1, -0.05) is 11.8 Å². The summed E-state index contributed by atoms with van der Waals surface area (Å²) in [5.41, 5.74) is 4.18. The average molecular weight is 411 g/mol. The molecule has 0 saturated heterocycles. The highest BCUT2D eigenvalue weighted by Crippen LogP contribution is 2.25. The summed E-state index contributed by atoms with van der Waals surface area (Å²) < 4.78 is 7.14. The summed E-state index contributed by atoms with van der Waals surface area (Å²) in [6, 6.07) is 14.1. The Bertz CT molecular complexity index is 984. The van der Waals surface area contributed by atoms with Gasteiger partial charge in [-0.05, 0) is 61.0 Å². The van der Waals surface area contributed by atoms with E-state index in [2.05, 4.69) is 20.7 Å². The molecule has 150 valence electrons. The molecule has 3 rings (SSSR count). The molecule has 0 spiro atoms. The lowest BCUT2D eigenvalue weighted by Crippen LogP contribution is -2.20. The molecule has 29 heavy (non-hydrogen) atoms. The van der Waals surface area contributed by atoms with Gasteiger partial charge in [0.05, 0.1) is 19.1 Å². The zero-order chi connectivity index (χ0) is 20.6. The predicted octanol–water partition coefficient (Wildman–Crippen LogP) is 2.92. The summed E-state index contributed by atoms with van der Waals surface area (Å²) in [5.74, 6) is 1.60. The number of nitrogens with zero attached hydrogens (tertiary/aromatic N) is 4. The standard InChI is InChI=1S/C20H21N5O3S/c1-3-25-19(15-6-10-17(28-2)11-7-15)23-24-20(25)29-13-18(27)22-21-12-14-4-8-16(26)9-5-14/h4-12,26H,3,13H2,1-2H3,(H,22,27). The first-order valence-corrected chi connectivity index (χ1v) is 9.90. The van der Waals surface area contributed by atoms with E-state index >= 15 is 0 Å².